The standard InChI is InChI=1S/C33H27NO6/c1-38-25-12-6-4-10-23(25)28-30(32(35)36)29(24-11-5-7-13-26(24)39-2)31(28)33(37)40-27-14-8-3-9-22(27)21-17-15-20(19-34)16-18-21/h3-18,28-31H,1-2H3,(H,35,36)/t28-,29-,30-,31+/m0/s1. The zero-order chi connectivity index (χ0) is 28.2. The van der Waals surface area contributed by atoms with Gasteiger partial charge in [0.25, 0.3) is 0 Å². The summed E-state index contributed by atoms with van der Waals surface area (Å²) in [6, 6.07) is 30.5. The van der Waals surface area contributed by atoms with Crippen molar-refractivity contribution in [2.75, 3.05) is 14.2 Å². The molecule has 0 amide bonds. The number of carboxylic acids is 1. The van der Waals surface area contributed by atoms with E-state index in [2.05, 4.69) is 6.07 Å². The smallest absolute Gasteiger partial charge is 0.315 e. The molecule has 7 nitrogen and oxygen atoms in total. The van der Waals surface area contributed by atoms with Crippen LogP contribution in [0.5, 0.6) is 17.2 Å². The highest BCUT2D eigenvalue weighted by atomic mass is 16.5. The first kappa shape index (κ1) is 26.5. The number of carbonyl (C=O) groups excluding carboxylic acids is 1. The van der Waals surface area contributed by atoms with Crippen molar-refractivity contribution in [3.05, 3.63) is 114 Å². The van der Waals surface area contributed by atoms with Crippen LogP contribution in [-0.4, -0.2) is 31.3 Å². The van der Waals surface area contributed by atoms with Crippen LogP contribution in [0.15, 0.2) is 97.1 Å². The minimum absolute atomic E-state index is 0.341. The largest absolute Gasteiger partial charge is 0.496 e. The van der Waals surface area contributed by atoms with Gasteiger partial charge in [-0.2, -0.15) is 5.26 Å². The van der Waals surface area contributed by atoms with E-state index in [0.29, 0.717) is 39.5 Å². The van der Waals surface area contributed by atoms with E-state index in [4.69, 9.17) is 19.5 Å². The van der Waals surface area contributed by atoms with Gasteiger partial charge >= 0.3 is 11.9 Å². The van der Waals surface area contributed by atoms with Gasteiger partial charge in [0.15, 0.2) is 0 Å². The molecule has 40 heavy (non-hydrogen) atoms. The van der Waals surface area contributed by atoms with Gasteiger partial charge in [0.05, 0.1) is 37.7 Å². The highest BCUT2D eigenvalue weighted by Crippen LogP contribution is 2.60. The Hall–Kier alpha value is -5.09. The second-order valence-corrected chi connectivity index (χ2v) is 9.53. The number of ether oxygens (including phenoxy) is 3. The monoisotopic (exact) mass is 533 g/mol. The fourth-order valence-corrected chi connectivity index (χ4v) is 5.70. The Morgan fingerprint density at radius 1 is 0.700 bits per heavy atom. The SMILES string of the molecule is COc1ccccc1[C@H]1[C@H](C(=O)O)[C@H](c2ccccc2OC)[C@@H]1C(=O)Oc1ccccc1-c1ccc(C#N)cc1. The third-order valence-corrected chi connectivity index (χ3v) is 7.52. The van der Waals surface area contributed by atoms with Gasteiger partial charge in [-0.15, -0.1) is 0 Å². The predicted octanol–water partition coefficient (Wildman–Crippen LogP) is 6.05. The number of carboxylic acid groups (broad SMARTS) is 1. The molecule has 0 unspecified atom stereocenters. The molecular formula is C33H27NO6. The third kappa shape index (κ3) is 4.76. The molecule has 0 saturated heterocycles. The van der Waals surface area contributed by atoms with E-state index in [1.165, 1.54) is 14.2 Å². The molecule has 1 aliphatic carbocycles. The molecule has 1 aliphatic rings. The van der Waals surface area contributed by atoms with Crippen molar-refractivity contribution in [2.45, 2.75) is 11.8 Å². The Bertz CT molecular complexity index is 1530. The lowest BCUT2D eigenvalue weighted by molar-refractivity contribution is -0.158. The van der Waals surface area contributed by atoms with Crippen LogP contribution in [-0.2, 0) is 9.59 Å². The van der Waals surface area contributed by atoms with Crippen molar-refractivity contribution in [3.8, 4) is 34.4 Å². The van der Waals surface area contributed by atoms with Gasteiger partial charge in [-0.05, 0) is 47.0 Å². The Labute approximate surface area is 232 Å². The molecule has 0 aliphatic heterocycles. The number of nitriles is 1. The van der Waals surface area contributed by atoms with Crippen molar-refractivity contribution < 1.29 is 28.9 Å². The van der Waals surface area contributed by atoms with E-state index in [0.717, 1.165) is 5.56 Å². The fourth-order valence-electron chi connectivity index (χ4n) is 5.70. The Kier molecular flexibility index (Phi) is 7.52. The average Bonchev–Trinajstić information content (AvgIpc) is 2.97. The number of benzene rings is 4. The first-order valence-electron chi connectivity index (χ1n) is 12.8. The van der Waals surface area contributed by atoms with Crippen molar-refractivity contribution in [1.29, 1.82) is 5.26 Å². The highest BCUT2D eigenvalue weighted by molar-refractivity contribution is 5.87. The molecule has 7 heteroatoms. The highest BCUT2D eigenvalue weighted by Gasteiger charge is 2.60. The zero-order valence-corrected chi connectivity index (χ0v) is 22.0. The van der Waals surface area contributed by atoms with Crippen molar-refractivity contribution in [2.24, 2.45) is 11.8 Å². The molecule has 0 bridgehead atoms. The summed E-state index contributed by atoms with van der Waals surface area (Å²) < 4.78 is 17.2. The van der Waals surface area contributed by atoms with E-state index >= 15 is 0 Å². The maximum absolute atomic E-state index is 14.1. The number of rotatable bonds is 8. The molecule has 0 spiro atoms. The molecule has 0 aromatic heterocycles. The van der Waals surface area contributed by atoms with Gasteiger partial charge in [-0.25, -0.2) is 0 Å². The molecule has 0 heterocycles. The van der Waals surface area contributed by atoms with Gasteiger partial charge in [0.2, 0.25) is 0 Å². The summed E-state index contributed by atoms with van der Waals surface area (Å²) in [5.41, 5.74) is 3.24. The second-order valence-electron chi connectivity index (χ2n) is 9.53. The minimum atomic E-state index is -1.02. The number of methoxy groups -OCH3 is 2. The number of esters is 1. The summed E-state index contributed by atoms with van der Waals surface area (Å²) >= 11 is 0. The maximum atomic E-state index is 14.1. The molecule has 2 atom stereocenters. The molecule has 5 rings (SSSR count). The predicted molar refractivity (Wildman–Crippen MR) is 148 cm³/mol. The summed E-state index contributed by atoms with van der Waals surface area (Å²) in [5, 5.41) is 19.6. The minimum Gasteiger partial charge on any atom is -0.496 e. The topological polar surface area (TPSA) is 106 Å². The van der Waals surface area contributed by atoms with Crippen LogP contribution in [0.1, 0.15) is 28.5 Å². The first-order valence-corrected chi connectivity index (χ1v) is 12.8. The first-order chi connectivity index (χ1) is 19.5. The van der Waals surface area contributed by atoms with E-state index in [-0.39, 0.29) is 0 Å². The van der Waals surface area contributed by atoms with Gasteiger partial charge < -0.3 is 19.3 Å². The molecule has 1 saturated carbocycles. The Morgan fingerprint density at radius 2 is 1.20 bits per heavy atom. The van der Waals surface area contributed by atoms with Gasteiger partial charge in [-0.3, -0.25) is 9.59 Å². The molecule has 1 fully saturated rings. The fraction of sp³-hybridized carbons (Fsp3) is 0.182. The van der Waals surface area contributed by atoms with Crippen LogP contribution >= 0.6 is 0 Å². The van der Waals surface area contributed by atoms with E-state index in [9.17, 15) is 14.7 Å². The number of aliphatic carboxylic acids is 1. The summed E-state index contributed by atoms with van der Waals surface area (Å²) in [6.07, 6.45) is 0. The molecule has 4 aromatic carbocycles. The summed E-state index contributed by atoms with van der Waals surface area (Å²) in [4.78, 5) is 26.8. The van der Waals surface area contributed by atoms with Crippen LogP contribution in [0.4, 0.5) is 0 Å². The van der Waals surface area contributed by atoms with E-state index in [1.807, 2.05) is 12.1 Å². The number of hydrogen-bond donors (Lipinski definition) is 1. The number of hydrogen-bond acceptors (Lipinski definition) is 6. The lowest BCUT2D eigenvalue weighted by Gasteiger charge is -2.49. The molecular weight excluding hydrogens is 506 g/mol. The second kappa shape index (κ2) is 11.3. The van der Waals surface area contributed by atoms with E-state index < -0.39 is 35.6 Å². The van der Waals surface area contributed by atoms with Gasteiger partial charge in [-0.1, -0.05) is 66.7 Å². The molecule has 1 N–H and O–H groups in total. The number of para-hydroxylation sites is 3. The molecule has 0 radical (unpaired) electrons. The summed E-state index contributed by atoms with van der Waals surface area (Å²) in [5.74, 6) is -3.35. The normalized spacial score (nSPS) is 19.5. The number of carbonyl (C=O) groups is 2. The molecule has 4 aromatic rings. The zero-order valence-electron chi connectivity index (χ0n) is 22.0. The third-order valence-electron chi connectivity index (χ3n) is 7.52. The molecule has 200 valence electrons. The van der Waals surface area contributed by atoms with E-state index in [1.54, 1.807) is 84.9 Å². The quantitative estimate of drug-likeness (QED) is 0.217. The Balaban J connectivity index is 1.59. The van der Waals surface area contributed by atoms with Crippen LogP contribution in [0.3, 0.4) is 0 Å². The summed E-state index contributed by atoms with van der Waals surface area (Å²) in [7, 11) is 3.04. The van der Waals surface area contributed by atoms with Crippen LogP contribution in [0.2, 0.25) is 0 Å². The lowest BCUT2D eigenvalue weighted by atomic mass is 9.52. The van der Waals surface area contributed by atoms with Crippen molar-refractivity contribution in [1.82, 2.24) is 0 Å². The summed E-state index contributed by atoms with van der Waals surface area (Å²) in [6.45, 7) is 0. The lowest BCUT2D eigenvalue weighted by Crippen LogP contribution is -2.52. The van der Waals surface area contributed by atoms with Crippen LogP contribution in [0.25, 0.3) is 11.1 Å². The maximum Gasteiger partial charge on any atom is 0.315 e. The average molecular weight is 534 g/mol. The van der Waals surface area contributed by atoms with Crippen LogP contribution < -0.4 is 14.2 Å². The van der Waals surface area contributed by atoms with Crippen molar-refractivity contribution >= 4 is 11.9 Å². The van der Waals surface area contributed by atoms with Gasteiger partial charge in [0.1, 0.15) is 17.2 Å². The van der Waals surface area contributed by atoms with Crippen LogP contribution in [0, 0.1) is 23.2 Å². The van der Waals surface area contributed by atoms with Crippen molar-refractivity contribution in [3.63, 3.8) is 0 Å². The number of nitrogens with zero attached hydrogens (tertiary/aromatic N) is 1. The van der Waals surface area contributed by atoms with Gasteiger partial charge in [0, 0.05) is 17.4 Å². The Morgan fingerprint density at radius 3 is 1.70 bits per heavy atom.